The zero-order chi connectivity index (χ0) is 15.5. The molecule has 2 rings (SSSR count). The van der Waals surface area contributed by atoms with Crippen molar-refractivity contribution in [3.05, 3.63) is 47.5 Å². The summed E-state index contributed by atoms with van der Waals surface area (Å²) in [6.07, 6.45) is -2.45. The number of hydrogen-bond acceptors (Lipinski definition) is 2. The van der Waals surface area contributed by atoms with Crippen LogP contribution in [0.25, 0.3) is 11.1 Å². The van der Waals surface area contributed by atoms with Crippen LogP contribution in [0.5, 0.6) is 5.75 Å². The van der Waals surface area contributed by atoms with Crippen LogP contribution in [0.3, 0.4) is 0 Å². The van der Waals surface area contributed by atoms with Crippen LogP contribution in [0.4, 0.5) is 13.2 Å². The van der Waals surface area contributed by atoms with E-state index in [1.165, 1.54) is 6.07 Å². The third-order valence-electron chi connectivity index (χ3n) is 2.75. The molecule has 0 unspecified atom stereocenters. The smallest absolute Gasteiger partial charge is 0.422 e. The van der Waals surface area contributed by atoms with E-state index in [0.29, 0.717) is 5.56 Å². The van der Waals surface area contributed by atoms with E-state index in [-0.39, 0.29) is 10.8 Å². The van der Waals surface area contributed by atoms with Crippen LogP contribution in [0.2, 0.25) is 5.02 Å². The molecular formula is C15H12ClF3OS. The summed E-state index contributed by atoms with van der Waals surface area (Å²) < 4.78 is 41.9. The Hall–Kier alpha value is -1.33. The topological polar surface area (TPSA) is 9.23 Å². The van der Waals surface area contributed by atoms with Gasteiger partial charge in [0.15, 0.2) is 6.61 Å². The largest absolute Gasteiger partial charge is 0.482 e. The molecule has 1 nitrogen and oxygen atoms in total. The molecule has 0 bridgehead atoms. The van der Waals surface area contributed by atoms with E-state index < -0.39 is 12.8 Å². The van der Waals surface area contributed by atoms with Crippen LogP contribution in [0, 0.1) is 0 Å². The van der Waals surface area contributed by atoms with Crippen molar-refractivity contribution in [1.82, 2.24) is 0 Å². The summed E-state index contributed by atoms with van der Waals surface area (Å²) in [5.74, 6) is 0.0494. The van der Waals surface area contributed by atoms with Gasteiger partial charge >= 0.3 is 6.18 Å². The molecule has 2 aromatic rings. The maximum Gasteiger partial charge on any atom is 0.422 e. The van der Waals surface area contributed by atoms with Gasteiger partial charge in [0.2, 0.25) is 0 Å². The van der Waals surface area contributed by atoms with Gasteiger partial charge in [-0.3, -0.25) is 0 Å². The van der Waals surface area contributed by atoms with Crippen molar-refractivity contribution >= 4 is 23.4 Å². The maximum absolute atomic E-state index is 12.3. The van der Waals surface area contributed by atoms with Crippen LogP contribution in [-0.4, -0.2) is 19.0 Å². The Morgan fingerprint density at radius 3 is 2.33 bits per heavy atom. The van der Waals surface area contributed by atoms with Gasteiger partial charge < -0.3 is 4.74 Å². The fourth-order valence-electron chi connectivity index (χ4n) is 1.81. The summed E-state index contributed by atoms with van der Waals surface area (Å²) in [7, 11) is 0. The molecule has 0 radical (unpaired) electrons. The van der Waals surface area contributed by atoms with E-state index in [1.807, 2.05) is 30.5 Å². The van der Waals surface area contributed by atoms with Gasteiger partial charge in [0.1, 0.15) is 5.75 Å². The molecule has 0 aromatic heterocycles. The molecule has 0 saturated heterocycles. The fourth-order valence-corrected chi connectivity index (χ4v) is 2.44. The van der Waals surface area contributed by atoms with E-state index in [9.17, 15) is 13.2 Å². The lowest BCUT2D eigenvalue weighted by Crippen LogP contribution is -2.19. The molecule has 0 fully saturated rings. The van der Waals surface area contributed by atoms with E-state index in [0.717, 1.165) is 10.5 Å². The van der Waals surface area contributed by atoms with Gasteiger partial charge in [0, 0.05) is 10.5 Å². The second-order valence-electron chi connectivity index (χ2n) is 4.25. The summed E-state index contributed by atoms with van der Waals surface area (Å²) in [6.45, 7) is -1.37. The Balaban J connectivity index is 2.36. The Bertz CT molecular complexity index is 611. The molecule has 0 saturated carbocycles. The highest BCUT2D eigenvalue weighted by Crippen LogP contribution is 2.37. The first-order valence-electron chi connectivity index (χ1n) is 6.03. The number of para-hydroxylation sites is 1. The number of ether oxygens (including phenoxy) is 1. The standard InChI is InChI=1S/C15H12ClF3OS/c1-21-11-7-5-10(6-8-11)12-3-2-4-13(16)14(12)20-9-15(17,18)19/h2-8H,9H2,1H3. The molecular weight excluding hydrogens is 321 g/mol. The molecule has 0 amide bonds. The Morgan fingerprint density at radius 2 is 1.76 bits per heavy atom. The third kappa shape index (κ3) is 4.32. The first kappa shape index (κ1) is 16.0. The highest BCUT2D eigenvalue weighted by molar-refractivity contribution is 7.98. The minimum Gasteiger partial charge on any atom is -0.482 e. The van der Waals surface area contributed by atoms with Gasteiger partial charge in [0.05, 0.1) is 5.02 Å². The number of thioether (sulfide) groups is 1. The molecule has 0 N–H and O–H groups in total. The van der Waals surface area contributed by atoms with Crippen molar-refractivity contribution in [2.45, 2.75) is 11.1 Å². The van der Waals surface area contributed by atoms with Gasteiger partial charge in [-0.1, -0.05) is 35.9 Å². The van der Waals surface area contributed by atoms with Crippen molar-refractivity contribution in [3.8, 4) is 16.9 Å². The number of hydrogen-bond donors (Lipinski definition) is 0. The highest BCUT2D eigenvalue weighted by atomic mass is 35.5. The number of benzene rings is 2. The lowest BCUT2D eigenvalue weighted by atomic mass is 10.0. The number of halogens is 4. The zero-order valence-corrected chi connectivity index (χ0v) is 12.6. The van der Waals surface area contributed by atoms with Gasteiger partial charge in [-0.25, -0.2) is 0 Å². The van der Waals surface area contributed by atoms with Gasteiger partial charge in [-0.15, -0.1) is 11.8 Å². The second-order valence-corrected chi connectivity index (χ2v) is 5.54. The van der Waals surface area contributed by atoms with E-state index in [1.54, 1.807) is 23.9 Å². The highest BCUT2D eigenvalue weighted by Gasteiger charge is 2.29. The summed E-state index contributed by atoms with van der Waals surface area (Å²) in [6, 6.07) is 12.3. The average Bonchev–Trinajstić information content (AvgIpc) is 2.45. The molecule has 0 spiro atoms. The Morgan fingerprint density at radius 1 is 1.10 bits per heavy atom. The number of rotatable bonds is 4. The molecule has 6 heteroatoms. The van der Waals surface area contributed by atoms with Crippen LogP contribution >= 0.6 is 23.4 Å². The molecule has 0 aliphatic heterocycles. The molecule has 21 heavy (non-hydrogen) atoms. The zero-order valence-electron chi connectivity index (χ0n) is 11.1. The van der Waals surface area contributed by atoms with Gasteiger partial charge in [0.25, 0.3) is 0 Å². The lowest BCUT2D eigenvalue weighted by Gasteiger charge is -2.15. The molecule has 112 valence electrons. The van der Waals surface area contributed by atoms with E-state index in [4.69, 9.17) is 16.3 Å². The van der Waals surface area contributed by atoms with Crippen molar-refractivity contribution in [3.63, 3.8) is 0 Å². The molecule has 0 aliphatic rings. The molecule has 0 heterocycles. The minimum absolute atomic E-state index is 0.0494. The summed E-state index contributed by atoms with van der Waals surface area (Å²) in [5.41, 5.74) is 1.30. The fraction of sp³-hybridized carbons (Fsp3) is 0.200. The van der Waals surface area contributed by atoms with Crippen LogP contribution < -0.4 is 4.74 Å². The lowest BCUT2D eigenvalue weighted by molar-refractivity contribution is -0.153. The van der Waals surface area contributed by atoms with Crippen molar-refractivity contribution in [1.29, 1.82) is 0 Å². The first-order valence-corrected chi connectivity index (χ1v) is 7.63. The van der Waals surface area contributed by atoms with E-state index >= 15 is 0 Å². The van der Waals surface area contributed by atoms with Gasteiger partial charge in [-0.2, -0.15) is 13.2 Å². The van der Waals surface area contributed by atoms with Crippen molar-refractivity contribution in [2.24, 2.45) is 0 Å². The van der Waals surface area contributed by atoms with E-state index in [2.05, 4.69) is 0 Å². The average molecular weight is 333 g/mol. The third-order valence-corrected chi connectivity index (χ3v) is 3.79. The first-order chi connectivity index (χ1) is 9.90. The monoisotopic (exact) mass is 332 g/mol. The summed E-state index contributed by atoms with van der Waals surface area (Å²) >= 11 is 7.56. The van der Waals surface area contributed by atoms with Crippen molar-refractivity contribution in [2.75, 3.05) is 12.9 Å². The Labute approximate surface area is 130 Å². The minimum atomic E-state index is -4.40. The Kier molecular flexibility index (Phi) is 5.06. The van der Waals surface area contributed by atoms with Gasteiger partial charge in [-0.05, 0) is 30.0 Å². The molecule has 2 aromatic carbocycles. The quantitative estimate of drug-likeness (QED) is 0.667. The van der Waals surface area contributed by atoms with Crippen molar-refractivity contribution < 1.29 is 17.9 Å². The molecule has 0 aliphatic carbocycles. The second kappa shape index (κ2) is 6.62. The summed E-state index contributed by atoms with van der Waals surface area (Å²) in [5, 5.41) is 0.158. The van der Waals surface area contributed by atoms with Crippen LogP contribution in [0.1, 0.15) is 0 Å². The number of alkyl halides is 3. The maximum atomic E-state index is 12.3. The normalized spacial score (nSPS) is 11.5. The SMILES string of the molecule is CSc1ccc(-c2cccc(Cl)c2OCC(F)(F)F)cc1. The van der Waals surface area contributed by atoms with Crippen LogP contribution in [-0.2, 0) is 0 Å². The predicted molar refractivity (Wildman–Crippen MR) is 80.2 cm³/mol. The molecule has 0 atom stereocenters. The summed E-state index contributed by atoms with van der Waals surface area (Å²) in [4.78, 5) is 1.07. The van der Waals surface area contributed by atoms with Crippen LogP contribution in [0.15, 0.2) is 47.4 Å². The predicted octanol–water partition coefficient (Wildman–Crippen LogP) is 5.67.